The van der Waals surface area contributed by atoms with E-state index in [1.165, 1.54) is 22.0 Å². The first-order valence-electron chi connectivity index (χ1n) is 7.65. The van der Waals surface area contributed by atoms with Crippen molar-refractivity contribution in [2.45, 2.75) is 19.4 Å². The van der Waals surface area contributed by atoms with Crippen molar-refractivity contribution in [2.24, 2.45) is 0 Å². The predicted octanol–water partition coefficient (Wildman–Crippen LogP) is 4.93. The van der Waals surface area contributed by atoms with E-state index in [2.05, 4.69) is 79.4 Å². The van der Waals surface area contributed by atoms with Crippen LogP contribution in [-0.2, 0) is 5.54 Å². The first-order valence-corrected chi connectivity index (χ1v) is 7.65. The predicted molar refractivity (Wildman–Crippen MR) is 91.4 cm³/mol. The number of anilines is 1. The van der Waals surface area contributed by atoms with E-state index in [1.807, 2.05) is 6.07 Å². The molecule has 0 aromatic heterocycles. The number of fused-ring (bicyclic) bond motifs is 3. The molecule has 0 unspecified atom stereocenters. The van der Waals surface area contributed by atoms with Crippen LogP contribution >= 0.6 is 0 Å². The summed E-state index contributed by atoms with van der Waals surface area (Å²) in [4.78, 5) is 2.31. The molecule has 110 valence electrons. The Morgan fingerprint density at radius 2 is 1.59 bits per heavy atom. The first-order chi connectivity index (χ1) is 10.7. The van der Waals surface area contributed by atoms with E-state index in [-0.39, 0.29) is 5.54 Å². The van der Waals surface area contributed by atoms with E-state index >= 15 is 0 Å². The van der Waals surface area contributed by atoms with Crippen LogP contribution in [0.25, 0.3) is 10.8 Å². The number of rotatable bonds is 1. The molecular weight excluding hydrogens is 270 g/mol. The molecule has 22 heavy (non-hydrogen) atoms. The lowest BCUT2D eigenvalue weighted by molar-refractivity contribution is 0.239. The minimum absolute atomic E-state index is 0.112. The van der Waals surface area contributed by atoms with Crippen LogP contribution in [0.15, 0.2) is 66.7 Å². The Kier molecular flexibility index (Phi) is 2.86. The zero-order valence-corrected chi connectivity index (χ0v) is 12.9. The van der Waals surface area contributed by atoms with Gasteiger partial charge in [0.2, 0.25) is 0 Å². The molecule has 3 aromatic rings. The lowest BCUT2D eigenvalue weighted by atomic mass is 9.88. The minimum Gasteiger partial charge on any atom is -0.472 e. The summed E-state index contributed by atoms with van der Waals surface area (Å²) in [6.07, 6.45) is 0. The maximum atomic E-state index is 6.17. The number of para-hydroxylation sites is 1. The van der Waals surface area contributed by atoms with Crippen LogP contribution in [0.5, 0.6) is 5.75 Å². The number of hydrogen-bond donors (Lipinski definition) is 0. The zero-order chi connectivity index (χ0) is 15.2. The van der Waals surface area contributed by atoms with Gasteiger partial charge in [0, 0.05) is 16.6 Å². The molecule has 1 aliphatic heterocycles. The summed E-state index contributed by atoms with van der Waals surface area (Å²) in [6, 6.07) is 23.3. The molecule has 0 aliphatic carbocycles. The molecule has 1 heterocycles. The molecule has 0 saturated carbocycles. The number of hydrogen-bond acceptors (Lipinski definition) is 2. The molecule has 0 fully saturated rings. The van der Waals surface area contributed by atoms with Gasteiger partial charge in [0.1, 0.15) is 5.75 Å². The summed E-state index contributed by atoms with van der Waals surface area (Å²) >= 11 is 0. The van der Waals surface area contributed by atoms with Crippen LogP contribution in [0.1, 0.15) is 19.4 Å². The van der Waals surface area contributed by atoms with Crippen LogP contribution in [-0.4, -0.2) is 6.73 Å². The van der Waals surface area contributed by atoms with Crippen molar-refractivity contribution in [1.82, 2.24) is 0 Å². The Hall–Kier alpha value is -2.48. The maximum Gasteiger partial charge on any atom is 0.162 e. The fourth-order valence-electron chi connectivity index (χ4n) is 3.32. The van der Waals surface area contributed by atoms with E-state index in [4.69, 9.17) is 4.74 Å². The molecule has 0 saturated heterocycles. The lowest BCUT2D eigenvalue weighted by Crippen LogP contribution is -2.47. The fourth-order valence-corrected chi connectivity index (χ4v) is 3.32. The van der Waals surface area contributed by atoms with Crippen molar-refractivity contribution in [3.05, 3.63) is 72.3 Å². The topological polar surface area (TPSA) is 12.5 Å². The van der Waals surface area contributed by atoms with Crippen LogP contribution in [0.4, 0.5) is 5.69 Å². The number of benzene rings is 3. The van der Waals surface area contributed by atoms with Crippen LogP contribution in [0.3, 0.4) is 0 Å². The van der Waals surface area contributed by atoms with Gasteiger partial charge in [-0.05, 0) is 31.4 Å². The van der Waals surface area contributed by atoms with Crippen molar-refractivity contribution < 1.29 is 4.74 Å². The monoisotopic (exact) mass is 289 g/mol. The highest BCUT2D eigenvalue weighted by Gasteiger charge is 2.36. The highest BCUT2D eigenvalue weighted by atomic mass is 16.5. The smallest absolute Gasteiger partial charge is 0.162 e. The summed E-state index contributed by atoms with van der Waals surface area (Å²) in [5.41, 5.74) is 2.31. The van der Waals surface area contributed by atoms with Gasteiger partial charge < -0.3 is 9.64 Å². The molecule has 0 N–H and O–H groups in total. The molecule has 3 aromatic carbocycles. The van der Waals surface area contributed by atoms with E-state index in [1.54, 1.807) is 0 Å². The Bertz CT molecular complexity index is 823. The average molecular weight is 289 g/mol. The molecule has 0 spiro atoms. The second kappa shape index (κ2) is 4.77. The van der Waals surface area contributed by atoms with Crippen LogP contribution in [0, 0.1) is 0 Å². The Labute approximate surface area is 130 Å². The van der Waals surface area contributed by atoms with Crippen molar-refractivity contribution in [3.63, 3.8) is 0 Å². The third kappa shape index (κ3) is 1.87. The summed E-state index contributed by atoms with van der Waals surface area (Å²) < 4.78 is 6.17. The Morgan fingerprint density at radius 1 is 0.864 bits per heavy atom. The Balaban J connectivity index is 1.88. The molecular formula is C20H19NO. The zero-order valence-electron chi connectivity index (χ0n) is 12.9. The highest BCUT2D eigenvalue weighted by Crippen LogP contribution is 2.44. The van der Waals surface area contributed by atoms with Gasteiger partial charge in [0.25, 0.3) is 0 Å². The molecule has 0 bridgehead atoms. The lowest BCUT2D eigenvalue weighted by Gasteiger charge is -2.45. The van der Waals surface area contributed by atoms with Crippen LogP contribution in [0.2, 0.25) is 0 Å². The van der Waals surface area contributed by atoms with Crippen LogP contribution < -0.4 is 9.64 Å². The number of nitrogens with zero attached hydrogens (tertiary/aromatic N) is 1. The molecule has 0 amide bonds. The molecule has 0 atom stereocenters. The summed E-state index contributed by atoms with van der Waals surface area (Å²) in [5.74, 6) is 1.02. The highest BCUT2D eigenvalue weighted by molar-refractivity contribution is 5.90. The summed E-state index contributed by atoms with van der Waals surface area (Å²) in [5, 5.41) is 2.42. The third-order valence-electron chi connectivity index (χ3n) is 4.62. The second-order valence-electron chi connectivity index (χ2n) is 6.26. The van der Waals surface area contributed by atoms with Crippen molar-refractivity contribution in [2.75, 3.05) is 11.6 Å². The quantitative estimate of drug-likeness (QED) is 0.629. The van der Waals surface area contributed by atoms with Gasteiger partial charge in [0.15, 0.2) is 6.73 Å². The van der Waals surface area contributed by atoms with Gasteiger partial charge >= 0.3 is 0 Å². The van der Waals surface area contributed by atoms with Gasteiger partial charge in [-0.3, -0.25) is 0 Å². The van der Waals surface area contributed by atoms with Crippen molar-refractivity contribution in [3.8, 4) is 5.75 Å². The average Bonchev–Trinajstić information content (AvgIpc) is 2.55. The van der Waals surface area contributed by atoms with Gasteiger partial charge in [0.05, 0.1) is 5.54 Å². The van der Waals surface area contributed by atoms with Crippen molar-refractivity contribution in [1.29, 1.82) is 0 Å². The fraction of sp³-hybridized carbons (Fsp3) is 0.200. The second-order valence-corrected chi connectivity index (χ2v) is 6.26. The summed E-state index contributed by atoms with van der Waals surface area (Å²) in [6.45, 7) is 5.09. The van der Waals surface area contributed by atoms with Gasteiger partial charge in [-0.1, -0.05) is 54.6 Å². The molecule has 4 rings (SSSR count). The van der Waals surface area contributed by atoms with Gasteiger partial charge in [-0.25, -0.2) is 0 Å². The van der Waals surface area contributed by atoms with E-state index in [0.29, 0.717) is 6.73 Å². The molecule has 1 aliphatic rings. The first kappa shape index (κ1) is 13.2. The van der Waals surface area contributed by atoms with E-state index in [0.717, 1.165) is 5.75 Å². The van der Waals surface area contributed by atoms with E-state index < -0.39 is 0 Å². The maximum absolute atomic E-state index is 6.17. The standard InChI is InChI=1S/C20H19NO/c1-20(2)18-13-12-15-8-6-7-11-17(15)19(18)22-14-21(20)16-9-4-3-5-10-16/h3-13H,14H2,1-2H3. The largest absolute Gasteiger partial charge is 0.472 e. The Morgan fingerprint density at radius 3 is 2.41 bits per heavy atom. The minimum atomic E-state index is -0.112. The number of ether oxygens (including phenoxy) is 1. The third-order valence-corrected chi connectivity index (χ3v) is 4.62. The molecule has 2 nitrogen and oxygen atoms in total. The molecule has 2 heteroatoms. The van der Waals surface area contributed by atoms with E-state index in [9.17, 15) is 0 Å². The summed E-state index contributed by atoms with van der Waals surface area (Å²) in [7, 11) is 0. The normalized spacial score (nSPS) is 16.2. The molecule has 0 radical (unpaired) electrons. The van der Waals surface area contributed by atoms with Gasteiger partial charge in [-0.15, -0.1) is 0 Å². The van der Waals surface area contributed by atoms with Gasteiger partial charge in [-0.2, -0.15) is 0 Å². The van der Waals surface area contributed by atoms with Crippen molar-refractivity contribution >= 4 is 16.5 Å². The SMILES string of the molecule is CC1(C)c2ccc3ccccc3c2OCN1c1ccccc1.